The third-order valence-electron chi connectivity index (χ3n) is 2.23. The van der Waals surface area contributed by atoms with Gasteiger partial charge in [-0.3, -0.25) is 9.78 Å². The van der Waals surface area contributed by atoms with E-state index in [0.29, 0.717) is 16.4 Å². The highest BCUT2D eigenvalue weighted by atomic mass is 35.5. The van der Waals surface area contributed by atoms with E-state index < -0.39 is 0 Å². The van der Waals surface area contributed by atoms with Crippen molar-refractivity contribution in [3.05, 3.63) is 35.4 Å². The van der Waals surface area contributed by atoms with Crippen LogP contribution in [0.3, 0.4) is 0 Å². The summed E-state index contributed by atoms with van der Waals surface area (Å²) < 4.78 is 1.58. The van der Waals surface area contributed by atoms with Gasteiger partial charge in [0.05, 0.1) is 11.2 Å². The molecule has 0 spiro atoms. The largest absolute Gasteiger partial charge is 0.293 e. The molecule has 0 saturated heterocycles. The summed E-state index contributed by atoms with van der Waals surface area (Å²) >= 11 is 7.67. The molecule has 2 rings (SSSR count). The molecule has 4 nitrogen and oxygen atoms in total. The van der Waals surface area contributed by atoms with Gasteiger partial charge < -0.3 is 0 Å². The Labute approximate surface area is 108 Å². The van der Waals surface area contributed by atoms with Gasteiger partial charge in [-0.15, -0.1) is 11.8 Å². The molecule has 2 heterocycles. The molecule has 0 amide bonds. The van der Waals surface area contributed by atoms with Gasteiger partial charge in [0.1, 0.15) is 11.4 Å². The molecule has 0 aliphatic heterocycles. The van der Waals surface area contributed by atoms with E-state index in [1.54, 1.807) is 28.7 Å². The molecular formula is C11H10ClN3OS. The number of rotatable bonds is 3. The molecule has 2 aromatic rings. The Morgan fingerprint density at radius 2 is 2.29 bits per heavy atom. The van der Waals surface area contributed by atoms with Crippen LogP contribution in [0, 0.1) is 0 Å². The first-order valence-electron chi connectivity index (χ1n) is 4.88. The Hall–Kier alpha value is -1.33. The molecule has 0 saturated carbocycles. The zero-order valence-electron chi connectivity index (χ0n) is 9.35. The molecule has 17 heavy (non-hydrogen) atoms. The second kappa shape index (κ2) is 4.89. The minimum atomic E-state index is -0.135. The third kappa shape index (κ3) is 2.35. The summed E-state index contributed by atoms with van der Waals surface area (Å²) in [5.74, 6) is -0.135. The summed E-state index contributed by atoms with van der Waals surface area (Å²) in [5, 5.41) is 4.64. The quantitative estimate of drug-likeness (QED) is 0.634. The second-order valence-corrected chi connectivity index (χ2v) is 4.66. The molecule has 0 unspecified atom stereocenters. The minimum Gasteiger partial charge on any atom is -0.293 e. The zero-order valence-corrected chi connectivity index (χ0v) is 10.9. The van der Waals surface area contributed by atoms with Crippen molar-refractivity contribution in [1.29, 1.82) is 0 Å². The molecule has 0 atom stereocenters. The normalized spacial score (nSPS) is 10.5. The van der Waals surface area contributed by atoms with Crippen LogP contribution in [0.2, 0.25) is 5.02 Å². The van der Waals surface area contributed by atoms with E-state index in [2.05, 4.69) is 10.1 Å². The SMILES string of the molecule is CSc1cnn(-c2c(Cl)ccnc2C(C)=O)c1. The molecule has 0 fully saturated rings. The van der Waals surface area contributed by atoms with Crippen LogP contribution >= 0.6 is 23.4 Å². The minimum absolute atomic E-state index is 0.135. The first-order chi connectivity index (χ1) is 8.13. The Kier molecular flexibility index (Phi) is 3.49. The number of aromatic nitrogens is 3. The van der Waals surface area contributed by atoms with Gasteiger partial charge in [-0.1, -0.05) is 11.6 Å². The molecule has 0 aliphatic rings. The van der Waals surface area contributed by atoms with E-state index in [4.69, 9.17) is 11.6 Å². The number of carbonyl (C=O) groups excluding carboxylic acids is 1. The lowest BCUT2D eigenvalue weighted by Gasteiger charge is -2.07. The molecule has 0 N–H and O–H groups in total. The van der Waals surface area contributed by atoms with Gasteiger partial charge in [-0.05, 0) is 12.3 Å². The fourth-order valence-corrected chi connectivity index (χ4v) is 2.03. The van der Waals surface area contributed by atoms with Crippen molar-refractivity contribution in [3.63, 3.8) is 0 Å². The van der Waals surface area contributed by atoms with Gasteiger partial charge in [0, 0.05) is 24.2 Å². The van der Waals surface area contributed by atoms with Crippen molar-refractivity contribution in [2.75, 3.05) is 6.26 Å². The third-order valence-corrected chi connectivity index (χ3v) is 3.22. The highest BCUT2D eigenvalue weighted by Crippen LogP contribution is 2.24. The van der Waals surface area contributed by atoms with E-state index in [-0.39, 0.29) is 5.78 Å². The Bertz CT molecular complexity index is 568. The summed E-state index contributed by atoms with van der Waals surface area (Å²) in [5.41, 5.74) is 0.857. The van der Waals surface area contributed by atoms with Crippen LogP contribution in [0.4, 0.5) is 0 Å². The average Bonchev–Trinajstić information content (AvgIpc) is 2.76. The monoisotopic (exact) mass is 267 g/mol. The molecule has 88 valence electrons. The van der Waals surface area contributed by atoms with Gasteiger partial charge in [-0.25, -0.2) is 4.68 Å². The first-order valence-corrected chi connectivity index (χ1v) is 6.48. The van der Waals surface area contributed by atoms with Crippen molar-refractivity contribution in [2.45, 2.75) is 11.8 Å². The Morgan fingerprint density at radius 1 is 1.53 bits per heavy atom. The number of nitrogens with zero attached hydrogens (tertiary/aromatic N) is 3. The van der Waals surface area contributed by atoms with Crippen LogP contribution in [-0.4, -0.2) is 26.8 Å². The van der Waals surface area contributed by atoms with Gasteiger partial charge in [-0.2, -0.15) is 5.10 Å². The lowest BCUT2D eigenvalue weighted by Crippen LogP contribution is -2.07. The standard InChI is InChI=1S/C11H10ClN3OS/c1-7(16)10-11(9(12)3-4-13-10)15-6-8(17-2)5-14-15/h3-6H,1-2H3. The zero-order chi connectivity index (χ0) is 12.4. The summed E-state index contributed by atoms with van der Waals surface area (Å²) in [6, 6.07) is 1.64. The molecule has 0 aliphatic carbocycles. The van der Waals surface area contributed by atoms with Crippen LogP contribution in [0.1, 0.15) is 17.4 Å². The smallest absolute Gasteiger partial charge is 0.180 e. The molecule has 6 heteroatoms. The number of hydrogen-bond donors (Lipinski definition) is 0. The van der Waals surface area contributed by atoms with Crippen molar-refractivity contribution >= 4 is 29.1 Å². The summed E-state index contributed by atoms with van der Waals surface area (Å²) in [7, 11) is 0. The van der Waals surface area contributed by atoms with Crippen LogP contribution < -0.4 is 0 Å². The van der Waals surface area contributed by atoms with Gasteiger partial charge in [0.15, 0.2) is 5.78 Å². The number of ketones is 1. The van der Waals surface area contributed by atoms with E-state index in [9.17, 15) is 4.79 Å². The fourth-order valence-electron chi connectivity index (χ4n) is 1.44. The predicted molar refractivity (Wildman–Crippen MR) is 68.2 cm³/mol. The molecule has 2 aromatic heterocycles. The van der Waals surface area contributed by atoms with Gasteiger partial charge in [0.25, 0.3) is 0 Å². The predicted octanol–water partition coefficient (Wildman–Crippen LogP) is 2.85. The van der Waals surface area contributed by atoms with Crippen molar-refractivity contribution in [3.8, 4) is 5.69 Å². The average molecular weight is 268 g/mol. The van der Waals surface area contributed by atoms with Crippen molar-refractivity contribution in [1.82, 2.24) is 14.8 Å². The van der Waals surface area contributed by atoms with Crippen LogP contribution in [0.5, 0.6) is 0 Å². The Balaban J connectivity index is 2.61. The van der Waals surface area contributed by atoms with Gasteiger partial charge in [0.2, 0.25) is 0 Å². The number of carbonyl (C=O) groups is 1. The Morgan fingerprint density at radius 3 is 2.88 bits per heavy atom. The summed E-state index contributed by atoms with van der Waals surface area (Å²) in [6.45, 7) is 1.46. The first kappa shape index (κ1) is 12.1. The molecule has 0 bridgehead atoms. The summed E-state index contributed by atoms with van der Waals surface area (Å²) in [6.07, 6.45) is 7.01. The number of pyridine rings is 1. The fraction of sp³-hybridized carbons (Fsp3) is 0.182. The lowest BCUT2D eigenvalue weighted by molar-refractivity contribution is 0.101. The van der Waals surface area contributed by atoms with E-state index in [0.717, 1.165) is 4.90 Å². The summed E-state index contributed by atoms with van der Waals surface area (Å²) in [4.78, 5) is 16.5. The number of halogens is 1. The highest BCUT2D eigenvalue weighted by Gasteiger charge is 2.15. The lowest BCUT2D eigenvalue weighted by atomic mass is 10.2. The van der Waals surface area contributed by atoms with Gasteiger partial charge >= 0.3 is 0 Å². The molecule has 0 radical (unpaired) electrons. The maximum absolute atomic E-state index is 11.5. The van der Waals surface area contributed by atoms with Crippen molar-refractivity contribution < 1.29 is 4.79 Å². The number of hydrogen-bond acceptors (Lipinski definition) is 4. The molecule has 0 aromatic carbocycles. The van der Waals surface area contributed by atoms with E-state index >= 15 is 0 Å². The second-order valence-electron chi connectivity index (χ2n) is 3.37. The maximum Gasteiger partial charge on any atom is 0.180 e. The maximum atomic E-state index is 11.5. The number of Topliss-reactive ketones (excluding diaryl/α,β-unsaturated/α-hetero) is 1. The van der Waals surface area contributed by atoms with Crippen LogP contribution in [0.25, 0.3) is 5.69 Å². The van der Waals surface area contributed by atoms with E-state index in [1.807, 2.05) is 12.5 Å². The van der Waals surface area contributed by atoms with Crippen LogP contribution in [0.15, 0.2) is 29.6 Å². The molecular weight excluding hydrogens is 258 g/mol. The topological polar surface area (TPSA) is 47.8 Å². The van der Waals surface area contributed by atoms with E-state index in [1.165, 1.54) is 13.1 Å². The number of thioether (sulfide) groups is 1. The van der Waals surface area contributed by atoms with Crippen molar-refractivity contribution in [2.24, 2.45) is 0 Å². The van der Waals surface area contributed by atoms with Crippen LogP contribution in [-0.2, 0) is 0 Å². The highest BCUT2D eigenvalue weighted by molar-refractivity contribution is 7.98.